The van der Waals surface area contributed by atoms with E-state index in [2.05, 4.69) is 4.98 Å². The van der Waals surface area contributed by atoms with E-state index in [1.54, 1.807) is 12.1 Å². The van der Waals surface area contributed by atoms with Gasteiger partial charge in [-0.15, -0.1) is 0 Å². The number of halogens is 1. The number of rotatable bonds is 1. The van der Waals surface area contributed by atoms with E-state index in [-0.39, 0.29) is 17.4 Å². The average Bonchev–Trinajstić information content (AvgIpc) is 2.85. The van der Waals surface area contributed by atoms with Gasteiger partial charge in [0.25, 0.3) is 0 Å². The topological polar surface area (TPSA) is 47.0 Å². The number of aromatic nitrogens is 2. The van der Waals surface area contributed by atoms with Crippen LogP contribution in [0.5, 0.6) is 0 Å². The van der Waals surface area contributed by atoms with Crippen LogP contribution in [-0.4, -0.2) is 16.2 Å². The lowest BCUT2D eigenvalue weighted by Crippen LogP contribution is -2.21. The normalized spacial score (nSPS) is 20.7. The second kappa shape index (κ2) is 3.45. The molecule has 0 radical (unpaired) electrons. The minimum Gasteiger partial charge on any atom is -0.358 e. The molecule has 3 rings (SSSR count). The number of ether oxygens (including phenoxy) is 1. The molecule has 0 bridgehead atoms. The van der Waals surface area contributed by atoms with E-state index in [0.29, 0.717) is 12.1 Å². The predicted octanol–water partition coefficient (Wildman–Crippen LogP) is 1.78. The Balaban J connectivity index is 2.27. The summed E-state index contributed by atoms with van der Waals surface area (Å²) in [6.45, 7) is 0.652. The van der Waals surface area contributed by atoms with Gasteiger partial charge in [0.1, 0.15) is 17.6 Å². The van der Waals surface area contributed by atoms with Gasteiger partial charge >= 0.3 is 5.69 Å². The van der Waals surface area contributed by atoms with Crippen LogP contribution in [0.1, 0.15) is 19.1 Å². The van der Waals surface area contributed by atoms with Crippen LogP contribution in [0.3, 0.4) is 0 Å². The van der Waals surface area contributed by atoms with Gasteiger partial charge in [0.05, 0.1) is 5.52 Å². The summed E-state index contributed by atoms with van der Waals surface area (Å²) >= 11 is 0. The molecule has 1 aliphatic heterocycles. The van der Waals surface area contributed by atoms with Crippen molar-refractivity contribution in [2.24, 2.45) is 0 Å². The van der Waals surface area contributed by atoms with Crippen molar-refractivity contribution >= 4 is 11.0 Å². The zero-order chi connectivity index (χ0) is 11.1. The smallest absolute Gasteiger partial charge is 0.328 e. The second-order valence-electron chi connectivity index (χ2n) is 3.90. The van der Waals surface area contributed by atoms with Gasteiger partial charge in [-0.1, -0.05) is 6.07 Å². The number of H-pyrrole nitrogens is 1. The Morgan fingerprint density at radius 1 is 1.50 bits per heavy atom. The van der Waals surface area contributed by atoms with Crippen molar-refractivity contribution in [1.82, 2.24) is 9.55 Å². The summed E-state index contributed by atoms with van der Waals surface area (Å²) < 4.78 is 20.4. The molecule has 4 nitrogen and oxygen atoms in total. The predicted molar refractivity (Wildman–Crippen MR) is 56.7 cm³/mol. The lowest BCUT2D eigenvalue weighted by atomic mass is 10.3. The summed E-state index contributed by atoms with van der Waals surface area (Å²) in [5.74, 6) is -0.411. The highest BCUT2D eigenvalue weighted by molar-refractivity contribution is 5.75. The zero-order valence-corrected chi connectivity index (χ0v) is 8.57. The van der Waals surface area contributed by atoms with E-state index in [4.69, 9.17) is 4.74 Å². The fraction of sp³-hybridized carbons (Fsp3) is 0.364. The molecule has 1 atom stereocenters. The first kappa shape index (κ1) is 9.59. The number of hydrogen-bond donors (Lipinski definition) is 1. The van der Waals surface area contributed by atoms with Crippen molar-refractivity contribution < 1.29 is 9.13 Å². The summed E-state index contributed by atoms with van der Waals surface area (Å²) in [6.07, 6.45) is 1.46. The standard InChI is InChI=1S/C11H11FN2O2/c12-7-3-1-4-8-10(7)13-11(15)14(8)9-5-2-6-16-9/h1,3-4,9H,2,5-6H2,(H,13,15). The largest absolute Gasteiger partial charge is 0.358 e. The molecule has 2 heterocycles. The lowest BCUT2D eigenvalue weighted by molar-refractivity contribution is 0.0573. The molecule has 0 aliphatic carbocycles. The highest BCUT2D eigenvalue weighted by Crippen LogP contribution is 2.25. The Bertz CT molecular complexity index is 581. The maximum Gasteiger partial charge on any atom is 0.328 e. The molecule has 1 aromatic heterocycles. The molecule has 1 aromatic carbocycles. The van der Waals surface area contributed by atoms with Gasteiger partial charge in [-0.2, -0.15) is 0 Å². The van der Waals surface area contributed by atoms with Gasteiger partial charge < -0.3 is 9.72 Å². The molecular formula is C11H11FN2O2. The van der Waals surface area contributed by atoms with Crippen molar-refractivity contribution in [3.05, 3.63) is 34.5 Å². The Morgan fingerprint density at radius 2 is 2.38 bits per heavy atom. The Hall–Kier alpha value is -1.62. The third-order valence-electron chi connectivity index (χ3n) is 2.90. The van der Waals surface area contributed by atoms with Crippen LogP contribution in [0.4, 0.5) is 4.39 Å². The first-order chi connectivity index (χ1) is 7.77. The molecule has 1 unspecified atom stereocenters. The fourth-order valence-electron chi connectivity index (χ4n) is 2.16. The Kier molecular flexibility index (Phi) is 2.07. The molecule has 5 heteroatoms. The summed E-state index contributed by atoms with van der Waals surface area (Å²) in [5.41, 5.74) is 0.506. The minimum absolute atomic E-state index is 0.253. The molecular weight excluding hydrogens is 211 g/mol. The molecule has 1 aliphatic rings. The molecule has 84 valence electrons. The first-order valence-electron chi connectivity index (χ1n) is 5.28. The molecule has 16 heavy (non-hydrogen) atoms. The van der Waals surface area contributed by atoms with Gasteiger partial charge in [-0.25, -0.2) is 9.18 Å². The number of hydrogen-bond acceptors (Lipinski definition) is 2. The van der Waals surface area contributed by atoms with Gasteiger partial charge in [-0.05, 0) is 25.0 Å². The van der Waals surface area contributed by atoms with Gasteiger partial charge in [0, 0.05) is 6.61 Å². The Morgan fingerprint density at radius 3 is 3.12 bits per heavy atom. The first-order valence-corrected chi connectivity index (χ1v) is 5.28. The van der Waals surface area contributed by atoms with Crippen LogP contribution in [0.2, 0.25) is 0 Å². The summed E-state index contributed by atoms with van der Waals surface area (Å²) in [5, 5.41) is 0. The number of fused-ring (bicyclic) bond motifs is 1. The molecule has 1 saturated heterocycles. The van der Waals surface area contributed by atoms with Crippen molar-refractivity contribution in [3.63, 3.8) is 0 Å². The summed E-state index contributed by atoms with van der Waals surface area (Å²) in [6, 6.07) is 4.65. The van der Waals surface area contributed by atoms with E-state index >= 15 is 0 Å². The highest BCUT2D eigenvalue weighted by atomic mass is 19.1. The van der Waals surface area contributed by atoms with E-state index < -0.39 is 5.82 Å². The van der Waals surface area contributed by atoms with Crippen molar-refractivity contribution in [2.45, 2.75) is 19.1 Å². The maximum atomic E-state index is 13.4. The number of imidazole rings is 1. The van der Waals surface area contributed by atoms with Crippen molar-refractivity contribution in [3.8, 4) is 0 Å². The van der Waals surface area contributed by atoms with Crippen LogP contribution < -0.4 is 5.69 Å². The lowest BCUT2D eigenvalue weighted by Gasteiger charge is -2.10. The number of aromatic amines is 1. The van der Waals surface area contributed by atoms with Crippen LogP contribution in [0.25, 0.3) is 11.0 Å². The summed E-state index contributed by atoms with van der Waals surface area (Å²) in [7, 11) is 0. The monoisotopic (exact) mass is 222 g/mol. The van der Waals surface area contributed by atoms with Crippen molar-refractivity contribution in [2.75, 3.05) is 6.61 Å². The average molecular weight is 222 g/mol. The molecule has 2 aromatic rings. The van der Waals surface area contributed by atoms with Gasteiger partial charge in [-0.3, -0.25) is 4.57 Å². The van der Waals surface area contributed by atoms with Crippen molar-refractivity contribution in [1.29, 1.82) is 0 Å². The third kappa shape index (κ3) is 1.28. The number of nitrogens with zero attached hydrogens (tertiary/aromatic N) is 1. The maximum absolute atomic E-state index is 13.4. The SMILES string of the molecule is O=c1[nH]c2c(F)cccc2n1C1CCCO1. The molecule has 1 fully saturated rings. The van der Waals surface area contributed by atoms with E-state index in [9.17, 15) is 9.18 Å². The number of benzene rings is 1. The van der Waals surface area contributed by atoms with Crippen LogP contribution in [0.15, 0.2) is 23.0 Å². The number of para-hydroxylation sites is 1. The third-order valence-corrected chi connectivity index (χ3v) is 2.90. The molecule has 0 spiro atoms. The molecule has 0 amide bonds. The number of nitrogens with one attached hydrogen (secondary N) is 1. The van der Waals surface area contributed by atoms with E-state index in [1.165, 1.54) is 10.6 Å². The summed E-state index contributed by atoms with van der Waals surface area (Å²) in [4.78, 5) is 14.3. The minimum atomic E-state index is -0.411. The molecule has 1 N–H and O–H groups in total. The second-order valence-corrected chi connectivity index (χ2v) is 3.90. The zero-order valence-electron chi connectivity index (χ0n) is 8.57. The Labute approximate surface area is 90.6 Å². The van der Waals surface area contributed by atoms with Crippen LogP contribution in [0, 0.1) is 5.82 Å². The van der Waals surface area contributed by atoms with Crippen LogP contribution >= 0.6 is 0 Å². The van der Waals surface area contributed by atoms with E-state index in [0.717, 1.165) is 12.8 Å². The quantitative estimate of drug-likeness (QED) is 0.799. The highest BCUT2D eigenvalue weighted by Gasteiger charge is 2.22. The molecule has 0 saturated carbocycles. The van der Waals surface area contributed by atoms with E-state index in [1.807, 2.05) is 0 Å². The van der Waals surface area contributed by atoms with Gasteiger partial charge in [0.2, 0.25) is 0 Å². The fourth-order valence-corrected chi connectivity index (χ4v) is 2.16. The van der Waals surface area contributed by atoms with Crippen LogP contribution in [-0.2, 0) is 4.74 Å². The van der Waals surface area contributed by atoms with Gasteiger partial charge in [0.15, 0.2) is 0 Å².